The first kappa shape index (κ1) is 12.0. The third kappa shape index (κ3) is 10.3. The molecule has 0 aromatic heterocycles. The highest BCUT2D eigenvalue weighted by molar-refractivity contribution is 7.80. The molecule has 0 radical (unpaired) electrons. The van der Waals surface area contributed by atoms with Crippen molar-refractivity contribution in [3.8, 4) is 0 Å². The first-order chi connectivity index (χ1) is 4.59. The van der Waals surface area contributed by atoms with Crippen LogP contribution in [0.5, 0.6) is 0 Å². The SMILES string of the molecule is N[C@@H](CS)C(=O)O.O=CO. The van der Waals surface area contributed by atoms with Gasteiger partial charge in [0.15, 0.2) is 0 Å². The zero-order chi connectivity index (χ0) is 8.57. The van der Waals surface area contributed by atoms with Gasteiger partial charge in [0.2, 0.25) is 0 Å². The van der Waals surface area contributed by atoms with Crippen LogP contribution in [0.2, 0.25) is 0 Å². The molecule has 5 nitrogen and oxygen atoms in total. The van der Waals surface area contributed by atoms with Crippen LogP contribution in [0.1, 0.15) is 0 Å². The smallest absolute Gasteiger partial charge is 0.321 e. The number of rotatable bonds is 2. The number of carboxylic acid groups (broad SMARTS) is 2. The molecule has 10 heavy (non-hydrogen) atoms. The van der Waals surface area contributed by atoms with E-state index in [9.17, 15) is 4.79 Å². The Morgan fingerprint density at radius 3 is 2.10 bits per heavy atom. The van der Waals surface area contributed by atoms with E-state index in [0.717, 1.165) is 0 Å². The highest BCUT2D eigenvalue weighted by Crippen LogP contribution is 1.80. The van der Waals surface area contributed by atoms with Gasteiger partial charge in [-0.2, -0.15) is 12.6 Å². The summed E-state index contributed by atoms with van der Waals surface area (Å²) in [6.07, 6.45) is 0. The maximum atomic E-state index is 9.76. The molecule has 0 spiro atoms. The molecule has 0 unspecified atom stereocenters. The van der Waals surface area contributed by atoms with E-state index in [-0.39, 0.29) is 12.2 Å². The maximum Gasteiger partial charge on any atom is 0.321 e. The average molecular weight is 167 g/mol. The van der Waals surface area contributed by atoms with Crippen molar-refractivity contribution in [1.29, 1.82) is 0 Å². The summed E-state index contributed by atoms with van der Waals surface area (Å²) in [6.45, 7) is -0.250. The number of thiol groups is 1. The Kier molecular flexibility index (Phi) is 9.88. The van der Waals surface area contributed by atoms with Crippen LogP contribution >= 0.6 is 12.6 Å². The lowest BCUT2D eigenvalue weighted by Gasteiger charge is -1.96. The van der Waals surface area contributed by atoms with Crippen LogP contribution in [-0.2, 0) is 9.59 Å². The van der Waals surface area contributed by atoms with Crippen molar-refractivity contribution in [1.82, 2.24) is 0 Å². The minimum atomic E-state index is -1.00. The zero-order valence-corrected chi connectivity index (χ0v) is 5.99. The van der Waals surface area contributed by atoms with Crippen molar-refractivity contribution >= 4 is 25.1 Å². The molecule has 0 heterocycles. The van der Waals surface area contributed by atoms with Gasteiger partial charge in [-0.15, -0.1) is 0 Å². The molecule has 1 atom stereocenters. The standard InChI is InChI=1S/C3H7NO2S.CH2O2/c4-2(1-7)3(5)6;2-1-3/h2,7H,1,4H2,(H,5,6);1H,(H,2,3)/t2-;/m0./s1. The maximum absolute atomic E-state index is 9.76. The van der Waals surface area contributed by atoms with Crippen molar-refractivity contribution in [2.24, 2.45) is 5.73 Å². The highest BCUT2D eigenvalue weighted by atomic mass is 32.1. The first-order valence-electron chi connectivity index (χ1n) is 2.27. The largest absolute Gasteiger partial charge is 0.483 e. The van der Waals surface area contributed by atoms with Gasteiger partial charge >= 0.3 is 5.97 Å². The Hall–Kier alpha value is -0.750. The third-order valence-electron chi connectivity index (χ3n) is 0.514. The van der Waals surface area contributed by atoms with Gasteiger partial charge in [0, 0.05) is 5.75 Å². The molecule has 0 aromatic carbocycles. The Bertz CT molecular complexity index is 107. The van der Waals surface area contributed by atoms with Crippen molar-refractivity contribution in [3.63, 3.8) is 0 Å². The fourth-order valence-corrected chi connectivity index (χ4v) is 0.234. The van der Waals surface area contributed by atoms with Gasteiger partial charge in [-0.25, -0.2) is 0 Å². The lowest BCUT2D eigenvalue weighted by atomic mass is 10.4. The molecule has 0 fully saturated rings. The van der Waals surface area contributed by atoms with Crippen LogP contribution in [0.25, 0.3) is 0 Å². The lowest BCUT2D eigenvalue weighted by molar-refractivity contribution is -0.137. The molecular weight excluding hydrogens is 158 g/mol. The van der Waals surface area contributed by atoms with Gasteiger partial charge in [0.25, 0.3) is 6.47 Å². The molecule has 0 aliphatic rings. The number of nitrogens with two attached hydrogens (primary N) is 1. The van der Waals surface area contributed by atoms with Gasteiger partial charge < -0.3 is 15.9 Å². The second-order valence-corrected chi connectivity index (χ2v) is 1.60. The van der Waals surface area contributed by atoms with Crippen molar-refractivity contribution in [2.45, 2.75) is 6.04 Å². The number of hydrogen-bond acceptors (Lipinski definition) is 4. The summed E-state index contributed by atoms with van der Waals surface area (Å²) in [4.78, 5) is 18.1. The summed E-state index contributed by atoms with van der Waals surface area (Å²) in [5.41, 5.74) is 4.94. The van der Waals surface area contributed by atoms with E-state index in [1.807, 2.05) is 0 Å². The molecule has 60 valence electrons. The summed E-state index contributed by atoms with van der Waals surface area (Å²) in [5.74, 6) is -0.815. The molecule has 0 amide bonds. The quantitative estimate of drug-likeness (QED) is 0.313. The minimum Gasteiger partial charge on any atom is -0.483 e. The number of carbonyl (C=O) groups is 2. The van der Waals surface area contributed by atoms with E-state index in [2.05, 4.69) is 12.6 Å². The molecule has 0 rings (SSSR count). The highest BCUT2D eigenvalue weighted by Gasteiger charge is 2.06. The third-order valence-corrected chi connectivity index (χ3v) is 0.907. The summed E-state index contributed by atoms with van der Waals surface area (Å²) >= 11 is 3.65. The molecule has 0 aliphatic heterocycles. The van der Waals surface area contributed by atoms with Crippen LogP contribution in [0, 0.1) is 0 Å². The van der Waals surface area contributed by atoms with E-state index >= 15 is 0 Å². The van der Waals surface area contributed by atoms with Crippen molar-refractivity contribution in [2.75, 3.05) is 5.75 Å². The Morgan fingerprint density at radius 1 is 1.80 bits per heavy atom. The van der Waals surface area contributed by atoms with Gasteiger partial charge in [0.05, 0.1) is 0 Å². The molecule has 0 aromatic rings. The number of aliphatic carboxylic acids is 1. The fraction of sp³-hybridized carbons (Fsp3) is 0.500. The summed E-state index contributed by atoms with van der Waals surface area (Å²) in [5, 5.41) is 14.9. The summed E-state index contributed by atoms with van der Waals surface area (Å²) in [6, 6.07) is -0.816. The van der Waals surface area contributed by atoms with Crippen molar-refractivity contribution in [3.05, 3.63) is 0 Å². The predicted molar refractivity (Wildman–Crippen MR) is 38.2 cm³/mol. The van der Waals surface area contributed by atoms with Crippen LogP contribution in [0.4, 0.5) is 0 Å². The van der Waals surface area contributed by atoms with Crippen LogP contribution < -0.4 is 5.73 Å². The Balaban J connectivity index is 0. The summed E-state index contributed by atoms with van der Waals surface area (Å²) in [7, 11) is 0. The second-order valence-electron chi connectivity index (χ2n) is 1.23. The number of carboxylic acids is 1. The molecular formula is C4H9NO4S. The lowest BCUT2D eigenvalue weighted by Crippen LogP contribution is -2.31. The van der Waals surface area contributed by atoms with E-state index in [4.69, 9.17) is 20.7 Å². The molecule has 0 saturated carbocycles. The van der Waals surface area contributed by atoms with Gasteiger partial charge in [-0.05, 0) is 0 Å². The van der Waals surface area contributed by atoms with Crippen molar-refractivity contribution < 1.29 is 19.8 Å². The molecule has 0 bridgehead atoms. The number of hydrogen-bond donors (Lipinski definition) is 4. The zero-order valence-electron chi connectivity index (χ0n) is 5.10. The van der Waals surface area contributed by atoms with E-state index in [1.54, 1.807) is 0 Å². The summed E-state index contributed by atoms with van der Waals surface area (Å²) < 4.78 is 0. The molecule has 4 N–H and O–H groups in total. The van der Waals surface area contributed by atoms with Gasteiger partial charge in [0.1, 0.15) is 6.04 Å². The second kappa shape index (κ2) is 8.25. The van der Waals surface area contributed by atoms with Crippen LogP contribution in [-0.4, -0.2) is 34.4 Å². The van der Waals surface area contributed by atoms with Gasteiger partial charge in [-0.1, -0.05) is 0 Å². The molecule has 0 saturated heterocycles. The topological polar surface area (TPSA) is 101 Å². The van der Waals surface area contributed by atoms with Crippen LogP contribution in [0.15, 0.2) is 0 Å². The first-order valence-corrected chi connectivity index (χ1v) is 2.90. The Morgan fingerprint density at radius 2 is 2.10 bits per heavy atom. The van der Waals surface area contributed by atoms with Gasteiger partial charge in [-0.3, -0.25) is 9.59 Å². The minimum absolute atomic E-state index is 0.190. The fourth-order valence-electron chi connectivity index (χ4n) is 0.0781. The normalized spacial score (nSPS) is 10.6. The van der Waals surface area contributed by atoms with E-state index in [0.29, 0.717) is 0 Å². The van der Waals surface area contributed by atoms with E-state index in [1.165, 1.54) is 0 Å². The monoisotopic (exact) mass is 167 g/mol. The molecule has 0 aliphatic carbocycles. The van der Waals surface area contributed by atoms with E-state index < -0.39 is 12.0 Å². The molecule has 6 heteroatoms. The predicted octanol–water partition coefficient (Wildman–Crippen LogP) is -0.971. The van der Waals surface area contributed by atoms with Crippen LogP contribution in [0.3, 0.4) is 0 Å². The average Bonchev–Trinajstić information content (AvgIpc) is 1.88. The Labute approximate surface area is 63.2 Å².